The lowest BCUT2D eigenvalue weighted by atomic mass is 10.1. The fourth-order valence-electron chi connectivity index (χ4n) is 2.23. The minimum Gasteiger partial charge on any atom is -0.374 e. The van der Waals surface area contributed by atoms with Crippen LogP contribution in [0.15, 0.2) is 18.2 Å². The maximum atomic E-state index is 3.52. The first kappa shape index (κ1) is 12.8. The van der Waals surface area contributed by atoms with Crippen LogP contribution in [0.25, 0.3) is 0 Å². The topological polar surface area (TPSA) is 15.3 Å². The number of fused-ring (bicyclic) bond motifs is 1. The highest BCUT2D eigenvalue weighted by molar-refractivity contribution is 7.99. The lowest BCUT2D eigenvalue weighted by Gasteiger charge is -2.13. The number of nitrogens with zero attached hydrogens (tertiary/aromatic N) is 1. The van der Waals surface area contributed by atoms with E-state index in [1.165, 1.54) is 23.2 Å². The van der Waals surface area contributed by atoms with E-state index in [2.05, 4.69) is 48.6 Å². The predicted molar refractivity (Wildman–Crippen MR) is 78.1 cm³/mol. The Labute approximate surface area is 109 Å². The van der Waals surface area contributed by atoms with Gasteiger partial charge in [-0.2, -0.15) is 11.8 Å². The number of anilines is 1. The first-order valence-electron chi connectivity index (χ1n) is 6.27. The summed E-state index contributed by atoms with van der Waals surface area (Å²) in [6.07, 6.45) is 3.36. The smallest absolute Gasteiger partial charge is 0.0397 e. The van der Waals surface area contributed by atoms with Gasteiger partial charge in [0.15, 0.2) is 0 Å². The molecule has 1 aromatic rings. The predicted octanol–water partition coefficient (Wildman–Crippen LogP) is 2.52. The Hall–Kier alpha value is -0.670. The van der Waals surface area contributed by atoms with Gasteiger partial charge in [0.2, 0.25) is 0 Å². The zero-order valence-corrected chi connectivity index (χ0v) is 11.8. The molecule has 0 radical (unpaired) electrons. The van der Waals surface area contributed by atoms with E-state index in [1.54, 1.807) is 0 Å². The minimum atomic E-state index is 0.690. The summed E-state index contributed by atoms with van der Waals surface area (Å²) in [5, 5.41) is 4.21. The van der Waals surface area contributed by atoms with Crippen LogP contribution in [0.5, 0.6) is 0 Å². The summed E-state index contributed by atoms with van der Waals surface area (Å²) in [7, 11) is 2.17. The quantitative estimate of drug-likeness (QED) is 0.864. The molecule has 0 bridgehead atoms. The van der Waals surface area contributed by atoms with Crippen molar-refractivity contribution in [3.8, 4) is 0 Å². The van der Waals surface area contributed by atoms with Crippen LogP contribution < -0.4 is 10.2 Å². The van der Waals surface area contributed by atoms with Crippen molar-refractivity contribution in [3.63, 3.8) is 0 Å². The van der Waals surface area contributed by atoms with E-state index in [1.807, 2.05) is 11.8 Å². The largest absolute Gasteiger partial charge is 0.374 e. The van der Waals surface area contributed by atoms with Crippen LogP contribution in [-0.4, -0.2) is 31.6 Å². The van der Waals surface area contributed by atoms with Crippen molar-refractivity contribution in [1.82, 2.24) is 5.32 Å². The number of benzene rings is 1. The maximum absolute atomic E-state index is 3.52. The third kappa shape index (κ3) is 3.17. The molecule has 0 aromatic heterocycles. The summed E-state index contributed by atoms with van der Waals surface area (Å²) in [4.78, 5) is 2.34. The Morgan fingerprint density at radius 1 is 1.47 bits per heavy atom. The Bertz CT molecular complexity index is 378. The van der Waals surface area contributed by atoms with E-state index < -0.39 is 0 Å². The summed E-state index contributed by atoms with van der Waals surface area (Å²) in [6.45, 7) is 5.49. The zero-order valence-electron chi connectivity index (χ0n) is 11.0. The van der Waals surface area contributed by atoms with E-state index in [9.17, 15) is 0 Å². The third-order valence-electron chi connectivity index (χ3n) is 3.43. The highest BCUT2D eigenvalue weighted by atomic mass is 32.2. The van der Waals surface area contributed by atoms with Crippen LogP contribution in [0.4, 0.5) is 5.69 Å². The fraction of sp³-hybridized carbons (Fsp3) is 0.571. The molecule has 94 valence electrons. The summed E-state index contributed by atoms with van der Waals surface area (Å²) in [5.41, 5.74) is 4.32. The van der Waals surface area contributed by atoms with Crippen LogP contribution >= 0.6 is 11.8 Å². The number of nitrogens with one attached hydrogen (secondary N) is 1. The van der Waals surface area contributed by atoms with E-state index in [-0.39, 0.29) is 0 Å². The molecule has 1 unspecified atom stereocenters. The Kier molecular flexibility index (Phi) is 4.35. The maximum Gasteiger partial charge on any atom is 0.0397 e. The van der Waals surface area contributed by atoms with Gasteiger partial charge < -0.3 is 10.2 Å². The molecule has 0 fully saturated rings. The van der Waals surface area contributed by atoms with Gasteiger partial charge in [-0.15, -0.1) is 0 Å². The van der Waals surface area contributed by atoms with Gasteiger partial charge in [-0.3, -0.25) is 0 Å². The molecule has 1 aliphatic heterocycles. The first-order valence-corrected chi connectivity index (χ1v) is 7.56. The number of likely N-dealkylation sites (N-methyl/N-ethyl adjacent to an activating group) is 1. The molecule has 17 heavy (non-hydrogen) atoms. The molecule has 0 aliphatic carbocycles. The second-order valence-electron chi connectivity index (χ2n) is 4.81. The van der Waals surface area contributed by atoms with Gasteiger partial charge in [-0.05, 0) is 29.9 Å². The van der Waals surface area contributed by atoms with Gasteiger partial charge in [-0.25, -0.2) is 0 Å². The molecule has 0 saturated heterocycles. The Balaban J connectivity index is 1.90. The molecule has 1 N–H and O–H groups in total. The Morgan fingerprint density at radius 2 is 2.29 bits per heavy atom. The average molecular weight is 250 g/mol. The van der Waals surface area contributed by atoms with Crippen molar-refractivity contribution in [3.05, 3.63) is 29.3 Å². The third-order valence-corrected chi connectivity index (χ3v) is 4.41. The van der Waals surface area contributed by atoms with E-state index in [4.69, 9.17) is 0 Å². The Morgan fingerprint density at radius 3 is 3.06 bits per heavy atom. The standard InChI is InChI=1S/C14H22N2S/c1-11(17-3)9-15-10-12-4-5-14-13(8-12)6-7-16(14)2/h4-5,8,11,15H,6-7,9-10H2,1-3H3. The molecule has 0 amide bonds. The van der Waals surface area contributed by atoms with Gasteiger partial charge in [0, 0.05) is 37.6 Å². The van der Waals surface area contributed by atoms with Crippen molar-refractivity contribution < 1.29 is 0 Å². The molecular weight excluding hydrogens is 228 g/mol. The first-order chi connectivity index (χ1) is 8.20. The molecule has 1 aliphatic rings. The molecule has 2 rings (SSSR count). The highest BCUT2D eigenvalue weighted by Crippen LogP contribution is 2.27. The van der Waals surface area contributed by atoms with Crippen LogP contribution in [0.1, 0.15) is 18.1 Å². The van der Waals surface area contributed by atoms with E-state index >= 15 is 0 Å². The fourth-order valence-corrected chi connectivity index (χ4v) is 2.52. The van der Waals surface area contributed by atoms with Gasteiger partial charge in [-0.1, -0.05) is 19.1 Å². The second kappa shape index (κ2) is 5.78. The molecule has 1 atom stereocenters. The van der Waals surface area contributed by atoms with Crippen LogP contribution in [0.2, 0.25) is 0 Å². The van der Waals surface area contributed by atoms with Gasteiger partial charge in [0.1, 0.15) is 0 Å². The number of hydrogen-bond donors (Lipinski definition) is 1. The van der Waals surface area contributed by atoms with Crippen molar-refractivity contribution >= 4 is 17.4 Å². The zero-order chi connectivity index (χ0) is 12.3. The minimum absolute atomic E-state index is 0.690. The molecule has 0 spiro atoms. The molecule has 1 heterocycles. The van der Waals surface area contributed by atoms with Gasteiger partial charge >= 0.3 is 0 Å². The number of thioether (sulfide) groups is 1. The molecule has 2 nitrogen and oxygen atoms in total. The molecular formula is C14H22N2S. The normalized spacial score (nSPS) is 16.1. The average Bonchev–Trinajstić information content (AvgIpc) is 2.70. The van der Waals surface area contributed by atoms with Crippen molar-refractivity contribution in [2.75, 3.05) is 31.3 Å². The lowest BCUT2D eigenvalue weighted by Crippen LogP contribution is -2.22. The van der Waals surface area contributed by atoms with Crippen LogP contribution in [-0.2, 0) is 13.0 Å². The van der Waals surface area contributed by atoms with Gasteiger partial charge in [0.05, 0.1) is 0 Å². The monoisotopic (exact) mass is 250 g/mol. The summed E-state index contributed by atoms with van der Waals surface area (Å²) in [5.74, 6) is 0. The van der Waals surface area contributed by atoms with Crippen LogP contribution in [0, 0.1) is 0 Å². The second-order valence-corrected chi connectivity index (χ2v) is 6.09. The summed E-state index contributed by atoms with van der Waals surface area (Å²) < 4.78 is 0. The number of rotatable bonds is 5. The summed E-state index contributed by atoms with van der Waals surface area (Å²) >= 11 is 1.91. The highest BCUT2D eigenvalue weighted by Gasteiger charge is 2.15. The van der Waals surface area contributed by atoms with E-state index in [0.717, 1.165) is 19.6 Å². The SMILES string of the molecule is CSC(C)CNCc1ccc2c(c1)CCN2C. The number of hydrogen-bond acceptors (Lipinski definition) is 3. The van der Waals surface area contributed by atoms with Crippen molar-refractivity contribution in [2.45, 2.75) is 25.1 Å². The molecule has 0 saturated carbocycles. The summed E-state index contributed by atoms with van der Waals surface area (Å²) in [6, 6.07) is 6.87. The lowest BCUT2D eigenvalue weighted by molar-refractivity contribution is 0.684. The molecule has 1 aromatic carbocycles. The molecule has 3 heteroatoms. The van der Waals surface area contributed by atoms with E-state index in [0.29, 0.717) is 5.25 Å². The van der Waals surface area contributed by atoms with Crippen LogP contribution in [0.3, 0.4) is 0 Å². The van der Waals surface area contributed by atoms with Crippen molar-refractivity contribution in [2.24, 2.45) is 0 Å². The van der Waals surface area contributed by atoms with Gasteiger partial charge in [0.25, 0.3) is 0 Å². The van der Waals surface area contributed by atoms with Crippen molar-refractivity contribution in [1.29, 1.82) is 0 Å².